The van der Waals surface area contributed by atoms with Gasteiger partial charge in [-0.25, -0.2) is 0 Å². The minimum atomic E-state index is 0.510. The molecule has 0 saturated carbocycles. The van der Waals surface area contributed by atoms with Gasteiger partial charge in [0.05, 0.1) is 5.69 Å². The van der Waals surface area contributed by atoms with E-state index >= 15 is 0 Å². The molecule has 0 aliphatic rings. The second-order valence-electron chi connectivity index (χ2n) is 5.94. The van der Waals surface area contributed by atoms with Crippen molar-refractivity contribution in [1.29, 1.82) is 0 Å². The third kappa shape index (κ3) is 4.71. The number of nitrogens with one attached hydrogen (secondary N) is 1. The van der Waals surface area contributed by atoms with Crippen LogP contribution in [0.25, 0.3) is 0 Å². The van der Waals surface area contributed by atoms with Crippen LogP contribution in [-0.4, -0.2) is 15.8 Å². The lowest BCUT2D eigenvalue weighted by molar-refractivity contribution is 0.513. The van der Waals surface area contributed by atoms with E-state index in [0.717, 1.165) is 25.8 Å². The van der Waals surface area contributed by atoms with Gasteiger partial charge in [-0.3, -0.25) is 4.68 Å². The quantitative estimate of drug-likeness (QED) is 0.845. The van der Waals surface area contributed by atoms with Crippen molar-refractivity contribution in [2.45, 2.75) is 52.6 Å². The monoisotopic (exact) mass is 285 g/mol. The van der Waals surface area contributed by atoms with Gasteiger partial charge in [-0.05, 0) is 38.7 Å². The van der Waals surface area contributed by atoms with Crippen molar-refractivity contribution in [3.8, 4) is 0 Å². The molecule has 3 heteroatoms. The third-order valence-electron chi connectivity index (χ3n) is 3.92. The van der Waals surface area contributed by atoms with Gasteiger partial charge >= 0.3 is 0 Å². The summed E-state index contributed by atoms with van der Waals surface area (Å²) in [5.41, 5.74) is 5.30. The Morgan fingerprint density at radius 3 is 2.86 bits per heavy atom. The summed E-state index contributed by atoms with van der Waals surface area (Å²) in [6, 6.07) is 9.31. The molecule has 2 rings (SSSR count). The summed E-state index contributed by atoms with van der Waals surface area (Å²) in [6.45, 7) is 7.48. The first-order valence-electron chi connectivity index (χ1n) is 7.88. The topological polar surface area (TPSA) is 29.9 Å². The van der Waals surface area contributed by atoms with Crippen LogP contribution in [0.4, 0.5) is 0 Å². The maximum Gasteiger partial charge on any atom is 0.0666 e. The highest BCUT2D eigenvalue weighted by molar-refractivity contribution is 5.22. The number of aryl methyl sites for hydroxylation is 4. The Kier molecular flexibility index (Phi) is 5.57. The molecule has 0 bridgehead atoms. The van der Waals surface area contributed by atoms with E-state index in [1.165, 1.54) is 22.4 Å². The number of benzene rings is 1. The molecule has 1 aromatic heterocycles. The van der Waals surface area contributed by atoms with Gasteiger partial charge in [0.25, 0.3) is 0 Å². The zero-order chi connectivity index (χ0) is 15.2. The van der Waals surface area contributed by atoms with Crippen LogP contribution >= 0.6 is 0 Å². The van der Waals surface area contributed by atoms with Crippen molar-refractivity contribution < 1.29 is 0 Å². The van der Waals surface area contributed by atoms with Crippen molar-refractivity contribution in [2.24, 2.45) is 7.05 Å². The van der Waals surface area contributed by atoms with E-state index in [4.69, 9.17) is 0 Å². The molecule has 0 radical (unpaired) electrons. The number of rotatable bonds is 7. The van der Waals surface area contributed by atoms with Crippen LogP contribution in [-0.2, 0) is 26.4 Å². The molecular formula is C18H27N3. The maximum atomic E-state index is 4.49. The molecule has 1 atom stereocenters. The maximum absolute atomic E-state index is 4.49. The highest BCUT2D eigenvalue weighted by Crippen LogP contribution is 2.10. The predicted octanol–water partition coefficient (Wildman–Crippen LogP) is 3.40. The second-order valence-corrected chi connectivity index (χ2v) is 5.94. The van der Waals surface area contributed by atoms with Crippen molar-refractivity contribution in [3.05, 3.63) is 52.8 Å². The largest absolute Gasteiger partial charge is 0.310 e. The molecule has 3 nitrogen and oxygen atoms in total. The van der Waals surface area contributed by atoms with E-state index in [0.29, 0.717) is 6.04 Å². The molecule has 1 N–H and O–H groups in total. The number of hydrogen-bond donors (Lipinski definition) is 1. The summed E-state index contributed by atoms with van der Waals surface area (Å²) >= 11 is 0. The fraction of sp³-hybridized carbons (Fsp3) is 0.500. The second kappa shape index (κ2) is 7.41. The minimum Gasteiger partial charge on any atom is -0.310 e. The van der Waals surface area contributed by atoms with E-state index in [1.54, 1.807) is 0 Å². The first-order valence-corrected chi connectivity index (χ1v) is 7.88. The van der Waals surface area contributed by atoms with Crippen LogP contribution in [0.1, 0.15) is 42.7 Å². The normalized spacial score (nSPS) is 12.6. The molecule has 0 spiro atoms. The van der Waals surface area contributed by atoms with Gasteiger partial charge < -0.3 is 5.32 Å². The van der Waals surface area contributed by atoms with E-state index in [2.05, 4.69) is 61.6 Å². The SMILES string of the molecule is CCc1nn(C)cc1CNC(C)CCc1cccc(C)c1. The summed E-state index contributed by atoms with van der Waals surface area (Å²) in [4.78, 5) is 0. The number of aromatic nitrogens is 2. The van der Waals surface area contributed by atoms with E-state index < -0.39 is 0 Å². The lowest BCUT2D eigenvalue weighted by atomic mass is 10.0. The molecule has 114 valence electrons. The molecule has 1 heterocycles. The molecule has 21 heavy (non-hydrogen) atoms. The molecule has 1 aromatic carbocycles. The summed E-state index contributed by atoms with van der Waals surface area (Å²) in [6.07, 6.45) is 5.41. The van der Waals surface area contributed by atoms with Crippen LogP contribution in [0.5, 0.6) is 0 Å². The van der Waals surface area contributed by atoms with Gasteiger partial charge in [0, 0.05) is 31.4 Å². The van der Waals surface area contributed by atoms with Gasteiger partial charge in [-0.15, -0.1) is 0 Å². The van der Waals surface area contributed by atoms with E-state index in [-0.39, 0.29) is 0 Å². The van der Waals surface area contributed by atoms with Gasteiger partial charge in [-0.2, -0.15) is 5.10 Å². The Morgan fingerprint density at radius 2 is 2.14 bits per heavy atom. The molecular weight excluding hydrogens is 258 g/mol. The molecule has 0 amide bonds. The Morgan fingerprint density at radius 1 is 1.33 bits per heavy atom. The number of nitrogens with zero attached hydrogens (tertiary/aromatic N) is 2. The lowest BCUT2D eigenvalue weighted by Gasteiger charge is -2.14. The Labute approximate surface area is 128 Å². The van der Waals surface area contributed by atoms with Crippen LogP contribution in [0, 0.1) is 6.92 Å². The smallest absolute Gasteiger partial charge is 0.0666 e. The summed E-state index contributed by atoms with van der Waals surface area (Å²) in [5.74, 6) is 0. The Balaban J connectivity index is 1.80. The first-order chi connectivity index (χ1) is 10.1. The molecule has 2 aromatic rings. The third-order valence-corrected chi connectivity index (χ3v) is 3.92. The zero-order valence-electron chi connectivity index (χ0n) is 13.7. The van der Waals surface area contributed by atoms with Gasteiger partial charge in [-0.1, -0.05) is 36.8 Å². The highest BCUT2D eigenvalue weighted by Gasteiger charge is 2.08. The molecule has 0 saturated heterocycles. The van der Waals surface area contributed by atoms with Gasteiger partial charge in [0.15, 0.2) is 0 Å². The summed E-state index contributed by atoms with van der Waals surface area (Å²) < 4.78 is 1.91. The van der Waals surface area contributed by atoms with Gasteiger partial charge in [0.2, 0.25) is 0 Å². The van der Waals surface area contributed by atoms with Crippen molar-refractivity contribution in [1.82, 2.24) is 15.1 Å². The highest BCUT2D eigenvalue weighted by atomic mass is 15.3. The van der Waals surface area contributed by atoms with Crippen LogP contribution in [0.2, 0.25) is 0 Å². The van der Waals surface area contributed by atoms with E-state index in [1.807, 2.05) is 11.7 Å². The average molecular weight is 285 g/mol. The fourth-order valence-corrected chi connectivity index (χ4v) is 2.67. The standard InChI is InChI=1S/C18H27N3/c1-5-18-17(13-21(4)20-18)12-19-15(3)9-10-16-8-6-7-14(2)11-16/h6-8,11,13,15,19H,5,9-10,12H2,1-4H3. The summed E-state index contributed by atoms with van der Waals surface area (Å²) in [7, 11) is 1.99. The van der Waals surface area contributed by atoms with Crippen molar-refractivity contribution >= 4 is 0 Å². The zero-order valence-corrected chi connectivity index (χ0v) is 13.7. The van der Waals surface area contributed by atoms with Crippen LogP contribution in [0.15, 0.2) is 30.5 Å². The van der Waals surface area contributed by atoms with Crippen molar-refractivity contribution in [2.75, 3.05) is 0 Å². The average Bonchev–Trinajstić information content (AvgIpc) is 2.83. The molecule has 0 aliphatic heterocycles. The van der Waals surface area contributed by atoms with Crippen LogP contribution < -0.4 is 5.32 Å². The number of hydrogen-bond acceptors (Lipinski definition) is 2. The van der Waals surface area contributed by atoms with Crippen LogP contribution in [0.3, 0.4) is 0 Å². The molecule has 0 aliphatic carbocycles. The van der Waals surface area contributed by atoms with Gasteiger partial charge in [0.1, 0.15) is 0 Å². The molecule has 1 unspecified atom stereocenters. The van der Waals surface area contributed by atoms with E-state index in [9.17, 15) is 0 Å². The fourth-order valence-electron chi connectivity index (χ4n) is 2.67. The predicted molar refractivity (Wildman–Crippen MR) is 88.4 cm³/mol. The lowest BCUT2D eigenvalue weighted by Crippen LogP contribution is -2.26. The summed E-state index contributed by atoms with van der Waals surface area (Å²) in [5, 5.41) is 8.11. The van der Waals surface area contributed by atoms with Crippen molar-refractivity contribution in [3.63, 3.8) is 0 Å². The first kappa shape index (κ1) is 15.8. The minimum absolute atomic E-state index is 0.510. The Bertz CT molecular complexity index is 572. The Hall–Kier alpha value is -1.61. The molecule has 0 fully saturated rings.